The second-order valence-corrected chi connectivity index (χ2v) is 6.59. The van der Waals surface area contributed by atoms with Gasteiger partial charge in [-0.2, -0.15) is 0 Å². The predicted molar refractivity (Wildman–Crippen MR) is 86.3 cm³/mol. The van der Waals surface area contributed by atoms with Gasteiger partial charge in [-0.3, -0.25) is 9.59 Å². The van der Waals surface area contributed by atoms with Gasteiger partial charge in [0.15, 0.2) is 0 Å². The van der Waals surface area contributed by atoms with Gasteiger partial charge >= 0.3 is 0 Å². The molecule has 0 radical (unpaired) electrons. The molecule has 1 fully saturated rings. The van der Waals surface area contributed by atoms with Gasteiger partial charge in [-0.05, 0) is 26.0 Å². The zero-order chi connectivity index (χ0) is 15.7. The highest BCUT2D eigenvalue weighted by Crippen LogP contribution is 2.20. The van der Waals surface area contributed by atoms with Crippen LogP contribution in [-0.2, 0) is 4.79 Å². The smallest absolute Gasteiger partial charge is 0.266 e. The van der Waals surface area contributed by atoms with Crippen molar-refractivity contribution in [3.63, 3.8) is 0 Å². The van der Waals surface area contributed by atoms with Crippen LogP contribution in [0.4, 0.5) is 5.69 Å². The predicted octanol–water partition coefficient (Wildman–Crippen LogP) is 2.25. The fourth-order valence-corrected chi connectivity index (χ4v) is 3.21. The van der Waals surface area contributed by atoms with Gasteiger partial charge in [-0.15, -0.1) is 11.3 Å². The second-order valence-electron chi connectivity index (χ2n) is 5.35. The number of carbonyl (C=O) groups is 2. The van der Waals surface area contributed by atoms with Gasteiger partial charge in [0.1, 0.15) is 11.4 Å². The molecule has 0 unspecified atom stereocenters. The normalized spacial score (nSPS) is 15.3. The average molecular weight is 315 g/mol. The van der Waals surface area contributed by atoms with Crippen LogP contribution in [0.3, 0.4) is 0 Å². The van der Waals surface area contributed by atoms with Crippen molar-refractivity contribution in [2.75, 3.05) is 24.5 Å². The van der Waals surface area contributed by atoms with Crippen LogP contribution in [0, 0.1) is 13.8 Å². The maximum Gasteiger partial charge on any atom is 0.266 e. The first-order valence-corrected chi connectivity index (χ1v) is 7.95. The quantitative estimate of drug-likeness (QED) is 0.854. The van der Waals surface area contributed by atoms with Gasteiger partial charge in [-0.1, -0.05) is 17.7 Å². The van der Waals surface area contributed by atoms with Gasteiger partial charge in [0, 0.05) is 18.8 Å². The molecule has 1 aliphatic rings. The first-order valence-electron chi connectivity index (χ1n) is 7.13. The molecular formula is C16H17N3O2S. The molecule has 0 aliphatic carbocycles. The van der Waals surface area contributed by atoms with Crippen molar-refractivity contribution in [3.8, 4) is 0 Å². The Kier molecular flexibility index (Phi) is 3.94. The van der Waals surface area contributed by atoms with E-state index in [1.165, 1.54) is 11.3 Å². The molecule has 1 saturated heterocycles. The molecule has 0 N–H and O–H groups in total. The summed E-state index contributed by atoms with van der Waals surface area (Å²) in [7, 11) is 0. The summed E-state index contributed by atoms with van der Waals surface area (Å²) in [4.78, 5) is 32.7. The molecule has 0 atom stereocenters. The molecule has 2 amide bonds. The summed E-state index contributed by atoms with van der Waals surface area (Å²) in [6.45, 7) is 5.05. The molecule has 1 aromatic heterocycles. The highest BCUT2D eigenvalue weighted by molar-refractivity contribution is 7.13. The lowest BCUT2D eigenvalue weighted by Gasteiger charge is -2.34. The lowest BCUT2D eigenvalue weighted by atomic mass is 10.2. The van der Waals surface area contributed by atoms with E-state index in [1.54, 1.807) is 16.0 Å². The SMILES string of the molecule is Cc1ccc(N2CCN(C(=O)c3cnc(C)s3)CC2=O)cc1. The summed E-state index contributed by atoms with van der Waals surface area (Å²) < 4.78 is 0. The Morgan fingerprint density at radius 2 is 1.91 bits per heavy atom. The van der Waals surface area contributed by atoms with Gasteiger partial charge in [0.25, 0.3) is 5.91 Å². The molecule has 1 aromatic carbocycles. The highest BCUT2D eigenvalue weighted by atomic mass is 32.1. The Hall–Kier alpha value is -2.21. The summed E-state index contributed by atoms with van der Waals surface area (Å²) in [5, 5.41) is 0.855. The van der Waals surface area contributed by atoms with Crippen molar-refractivity contribution in [2.45, 2.75) is 13.8 Å². The maximum atomic E-state index is 12.4. The number of aromatic nitrogens is 1. The molecule has 0 saturated carbocycles. The summed E-state index contributed by atoms with van der Waals surface area (Å²) in [5.74, 6) is -0.160. The van der Waals surface area contributed by atoms with Crippen molar-refractivity contribution in [1.29, 1.82) is 0 Å². The number of amides is 2. The van der Waals surface area contributed by atoms with E-state index in [9.17, 15) is 9.59 Å². The lowest BCUT2D eigenvalue weighted by molar-refractivity contribution is -0.120. The van der Waals surface area contributed by atoms with E-state index in [1.807, 2.05) is 38.1 Å². The zero-order valence-electron chi connectivity index (χ0n) is 12.6. The van der Waals surface area contributed by atoms with Crippen LogP contribution in [0.15, 0.2) is 30.5 Å². The Morgan fingerprint density at radius 1 is 1.18 bits per heavy atom. The Morgan fingerprint density at radius 3 is 2.50 bits per heavy atom. The third kappa shape index (κ3) is 2.87. The number of hydrogen-bond donors (Lipinski definition) is 0. The molecule has 2 heterocycles. The summed E-state index contributed by atoms with van der Waals surface area (Å²) in [5.41, 5.74) is 2.04. The maximum absolute atomic E-state index is 12.4. The van der Waals surface area contributed by atoms with Gasteiger partial charge < -0.3 is 9.80 Å². The third-order valence-electron chi connectivity index (χ3n) is 3.69. The minimum absolute atomic E-state index is 0.0512. The number of nitrogens with zero attached hydrogens (tertiary/aromatic N) is 3. The topological polar surface area (TPSA) is 53.5 Å². The lowest BCUT2D eigenvalue weighted by Crippen LogP contribution is -2.52. The molecule has 0 bridgehead atoms. The number of anilines is 1. The molecule has 114 valence electrons. The molecule has 1 aliphatic heterocycles. The van der Waals surface area contributed by atoms with Crippen LogP contribution in [-0.4, -0.2) is 41.3 Å². The average Bonchev–Trinajstić information content (AvgIpc) is 2.94. The number of thiazole rings is 1. The standard InChI is InChI=1S/C16H17N3O2S/c1-11-3-5-13(6-4-11)19-8-7-18(10-15(19)20)16(21)14-9-17-12(2)22-14/h3-6,9H,7-8,10H2,1-2H3. The van der Waals surface area contributed by atoms with Crippen molar-refractivity contribution < 1.29 is 9.59 Å². The Balaban J connectivity index is 1.71. The number of benzene rings is 1. The van der Waals surface area contributed by atoms with Crippen molar-refractivity contribution >= 4 is 28.8 Å². The monoisotopic (exact) mass is 315 g/mol. The van der Waals surface area contributed by atoms with Gasteiger partial charge in [-0.25, -0.2) is 4.98 Å². The highest BCUT2D eigenvalue weighted by Gasteiger charge is 2.29. The van der Waals surface area contributed by atoms with Gasteiger partial charge in [0.05, 0.1) is 11.2 Å². The number of piperazine rings is 1. The molecule has 2 aromatic rings. The third-order valence-corrected chi connectivity index (χ3v) is 4.59. The molecule has 3 rings (SSSR count). The van der Waals surface area contributed by atoms with Crippen LogP contribution in [0.5, 0.6) is 0 Å². The van der Waals surface area contributed by atoms with Gasteiger partial charge in [0.2, 0.25) is 5.91 Å². The number of aryl methyl sites for hydroxylation is 2. The molecule has 6 heteroatoms. The fourth-order valence-electron chi connectivity index (χ4n) is 2.46. The van der Waals surface area contributed by atoms with Crippen LogP contribution >= 0.6 is 11.3 Å². The van der Waals surface area contributed by atoms with Crippen molar-refractivity contribution in [1.82, 2.24) is 9.88 Å². The van der Waals surface area contributed by atoms with Crippen molar-refractivity contribution in [2.24, 2.45) is 0 Å². The van der Waals surface area contributed by atoms with Crippen LogP contribution in [0.1, 0.15) is 20.2 Å². The van der Waals surface area contributed by atoms with Crippen molar-refractivity contribution in [3.05, 3.63) is 45.9 Å². The van der Waals surface area contributed by atoms with E-state index in [0.717, 1.165) is 16.3 Å². The van der Waals surface area contributed by atoms with E-state index in [2.05, 4.69) is 4.98 Å². The van der Waals surface area contributed by atoms with E-state index < -0.39 is 0 Å². The molecular weight excluding hydrogens is 298 g/mol. The summed E-state index contributed by atoms with van der Waals surface area (Å²) >= 11 is 1.36. The first kappa shape index (κ1) is 14.7. The second kappa shape index (κ2) is 5.88. The summed E-state index contributed by atoms with van der Waals surface area (Å²) in [6.07, 6.45) is 1.58. The van der Waals surface area contributed by atoms with E-state index >= 15 is 0 Å². The van der Waals surface area contributed by atoms with Crippen LogP contribution in [0.2, 0.25) is 0 Å². The van der Waals surface area contributed by atoms with Crippen LogP contribution < -0.4 is 4.90 Å². The fraction of sp³-hybridized carbons (Fsp3) is 0.312. The number of hydrogen-bond acceptors (Lipinski definition) is 4. The largest absolute Gasteiger partial charge is 0.327 e. The van der Waals surface area contributed by atoms with E-state index in [-0.39, 0.29) is 18.4 Å². The minimum atomic E-state index is -0.109. The van der Waals surface area contributed by atoms with E-state index in [4.69, 9.17) is 0 Å². The van der Waals surface area contributed by atoms with Crippen LogP contribution in [0.25, 0.3) is 0 Å². The zero-order valence-corrected chi connectivity index (χ0v) is 13.4. The Labute approximate surface area is 133 Å². The number of rotatable bonds is 2. The van der Waals surface area contributed by atoms with E-state index in [0.29, 0.717) is 18.0 Å². The number of carbonyl (C=O) groups excluding carboxylic acids is 2. The molecule has 22 heavy (non-hydrogen) atoms. The Bertz CT molecular complexity index is 708. The first-order chi connectivity index (χ1) is 10.5. The summed E-state index contributed by atoms with van der Waals surface area (Å²) in [6, 6.07) is 7.86. The molecule has 5 nitrogen and oxygen atoms in total. The minimum Gasteiger partial charge on any atom is -0.327 e. The molecule has 0 spiro atoms.